The van der Waals surface area contributed by atoms with Crippen molar-refractivity contribution in [1.82, 2.24) is 15.6 Å². The number of aromatic carboxylic acids is 1. The number of carbonyl (C=O) groups excluding carboxylic acids is 1. The number of carbonyl (C=O) groups is 2. The highest BCUT2D eigenvalue weighted by Crippen LogP contribution is 2.34. The molecule has 1 aliphatic rings. The van der Waals surface area contributed by atoms with Gasteiger partial charge < -0.3 is 20.2 Å². The molecule has 3 N–H and O–H groups in total. The molecule has 4 aromatic rings. The first kappa shape index (κ1) is 27.3. The van der Waals surface area contributed by atoms with Crippen LogP contribution >= 0.6 is 11.3 Å². The van der Waals surface area contributed by atoms with Crippen LogP contribution in [0.5, 0.6) is 0 Å². The Bertz CT molecular complexity index is 1410. The lowest BCUT2D eigenvalue weighted by atomic mass is 10.1. The number of aryl methyl sites for hydroxylation is 1. The van der Waals surface area contributed by atoms with Gasteiger partial charge in [-0.2, -0.15) is 13.2 Å². The third-order valence-electron chi connectivity index (χ3n) is 5.80. The van der Waals surface area contributed by atoms with Gasteiger partial charge in [-0.15, -0.1) is 11.3 Å². The van der Waals surface area contributed by atoms with E-state index in [9.17, 15) is 22.8 Å². The van der Waals surface area contributed by atoms with E-state index in [-0.39, 0.29) is 11.6 Å². The van der Waals surface area contributed by atoms with E-state index in [0.717, 1.165) is 53.4 Å². The van der Waals surface area contributed by atoms with Gasteiger partial charge in [0.25, 0.3) is 5.91 Å². The summed E-state index contributed by atoms with van der Waals surface area (Å²) in [5.41, 5.74) is 0.942. The number of furan rings is 1. The van der Waals surface area contributed by atoms with Crippen LogP contribution < -0.4 is 10.6 Å². The summed E-state index contributed by atoms with van der Waals surface area (Å²) in [5.74, 6) is -1.22. The van der Waals surface area contributed by atoms with Crippen LogP contribution in [-0.4, -0.2) is 41.1 Å². The Balaban J connectivity index is 0.000000177. The molecule has 11 heteroatoms. The molecular weight excluding hydrogens is 519 g/mol. The number of hydrogen-bond acceptors (Lipinski definition) is 6. The van der Waals surface area contributed by atoms with E-state index in [1.165, 1.54) is 25.0 Å². The third-order valence-corrected chi connectivity index (χ3v) is 6.82. The smallest absolute Gasteiger partial charge is 0.416 e. The number of aromatic nitrogens is 1. The number of hydrogen-bond donors (Lipinski definition) is 3. The summed E-state index contributed by atoms with van der Waals surface area (Å²) in [7, 11) is 0. The molecule has 1 saturated carbocycles. The standard InChI is InChI=1S/C15H18N2O2.C12H8F3NO2S/c18-15(17-9-2-8-16-11-5-6-11)13-3-1-4-14-12(13)7-10-19-14;1-6-16-9(11(17)18)10(19-6)7-2-4-8(5-3-7)12(13,14)15/h1,3-4,7,10-11,16H,2,5-6,8-9H2,(H,17,18);2-5H,1H3,(H,17,18). The summed E-state index contributed by atoms with van der Waals surface area (Å²) in [5, 5.41) is 16.8. The van der Waals surface area contributed by atoms with Crippen LogP contribution in [0.1, 0.15) is 50.7 Å². The molecule has 0 aliphatic heterocycles. The van der Waals surface area contributed by atoms with Crippen LogP contribution in [0.2, 0.25) is 0 Å². The molecule has 5 rings (SSSR count). The summed E-state index contributed by atoms with van der Waals surface area (Å²) in [6, 6.07) is 12.5. The SMILES string of the molecule is Cc1nc(C(=O)O)c(-c2ccc(C(F)(F)F)cc2)s1.O=C(NCCCNC1CC1)c1cccc2occc12. The number of rotatable bonds is 8. The Kier molecular flexibility index (Phi) is 8.48. The fraction of sp³-hybridized carbons (Fsp3) is 0.296. The lowest BCUT2D eigenvalue weighted by Crippen LogP contribution is -2.28. The molecule has 0 unspecified atom stereocenters. The van der Waals surface area contributed by atoms with E-state index in [1.54, 1.807) is 13.2 Å². The number of benzene rings is 2. The zero-order valence-electron chi connectivity index (χ0n) is 20.5. The highest BCUT2D eigenvalue weighted by molar-refractivity contribution is 7.15. The zero-order chi connectivity index (χ0) is 27.3. The van der Waals surface area contributed by atoms with Crippen LogP contribution in [0.25, 0.3) is 21.4 Å². The van der Waals surface area contributed by atoms with E-state index in [2.05, 4.69) is 15.6 Å². The van der Waals surface area contributed by atoms with Gasteiger partial charge in [-0.1, -0.05) is 18.2 Å². The van der Waals surface area contributed by atoms with Crippen molar-refractivity contribution in [3.05, 3.63) is 76.6 Å². The number of carboxylic acid groups (broad SMARTS) is 1. The number of fused-ring (bicyclic) bond motifs is 1. The van der Waals surface area contributed by atoms with Crippen molar-refractivity contribution in [3.63, 3.8) is 0 Å². The summed E-state index contributed by atoms with van der Waals surface area (Å²) < 4.78 is 42.6. The summed E-state index contributed by atoms with van der Waals surface area (Å²) in [4.78, 5) is 27.3. The molecule has 0 radical (unpaired) electrons. The van der Waals surface area contributed by atoms with Crippen LogP contribution in [0, 0.1) is 6.92 Å². The van der Waals surface area contributed by atoms with Gasteiger partial charge in [-0.25, -0.2) is 9.78 Å². The Morgan fingerprint density at radius 2 is 1.84 bits per heavy atom. The highest BCUT2D eigenvalue weighted by Gasteiger charge is 2.30. The quantitative estimate of drug-likeness (QED) is 0.230. The summed E-state index contributed by atoms with van der Waals surface area (Å²) in [6.07, 6.45) is 0.770. The Morgan fingerprint density at radius 1 is 1.11 bits per heavy atom. The monoisotopic (exact) mass is 545 g/mol. The summed E-state index contributed by atoms with van der Waals surface area (Å²) >= 11 is 1.14. The second-order valence-electron chi connectivity index (χ2n) is 8.77. The first-order valence-corrected chi connectivity index (χ1v) is 12.8. The molecule has 0 saturated heterocycles. The van der Waals surface area contributed by atoms with Gasteiger partial charge in [-0.3, -0.25) is 4.79 Å². The van der Waals surface area contributed by atoms with Crippen LogP contribution in [0.15, 0.2) is 59.2 Å². The predicted octanol–water partition coefficient (Wildman–Crippen LogP) is 6.14. The molecule has 0 spiro atoms. The number of nitrogens with zero attached hydrogens (tertiary/aromatic N) is 1. The molecule has 0 bridgehead atoms. The summed E-state index contributed by atoms with van der Waals surface area (Å²) in [6.45, 7) is 3.32. The molecule has 200 valence electrons. The van der Waals surface area contributed by atoms with Gasteiger partial charge >= 0.3 is 12.1 Å². The second kappa shape index (κ2) is 11.8. The number of carboxylic acids is 1. The molecule has 2 aromatic carbocycles. The van der Waals surface area contributed by atoms with Crippen molar-refractivity contribution < 1.29 is 32.3 Å². The Hall–Kier alpha value is -3.70. The fourth-order valence-electron chi connectivity index (χ4n) is 3.75. The van der Waals surface area contributed by atoms with Gasteiger partial charge in [-0.05, 0) is 68.6 Å². The van der Waals surface area contributed by atoms with E-state index in [1.807, 2.05) is 24.3 Å². The van der Waals surface area contributed by atoms with Crippen LogP contribution in [0.4, 0.5) is 13.2 Å². The first-order chi connectivity index (χ1) is 18.1. The predicted molar refractivity (Wildman–Crippen MR) is 138 cm³/mol. The van der Waals surface area contributed by atoms with Crippen molar-refractivity contribution >= 4 is 34.2 Å². The van der Waals surface area contributed by atoms with E-state index in [4.69, 9.17) is 9.52 Å². The number of amides is 1. The normalized spacial score (nSPS) is 13.2. The molecule has 38 heavy (non-hydrogen) atoms. The van der Waals surface area contributed by atoms with Crippen molar-refractivity contribution in [3.8, 4) is 10.4 Å². The van der Waals surface area contributed by atoms with Crippen molar-refractivity contribution in [2.24, 2.45) is 0 Å². The number of alkyl halides is 3. The lowest BCUT2D eigenvalue weighted by Gasteiger charge is -2.07. The van der Waals surface area contributed by atoms with Crippen LogP contribution in [0.3, 0.4) is 0 Å². The van der Waals surface area contributed by atoms with Crippen molar-refractivity contribution in [2.75, 3.05) is 13.1 Å². The van der Waals surface area contributed by atoms with E-state index in [0.29, 0.717) is 27.6 Å². The van der Waals surface area contributed by atoms with Gasteiger partial charge in [0.15, 0.2) is 5.69 Å². The van der Waals surface area contributed by atoms with Gasteiger partial charge in [0.1, 0.15) is 5.58 Å². The minimum absolute atomic E-state index is 0.0292. The molecule has 1 amide bonds. The maximum absolute atomic E-state index is 12.4. The van der Waals surface area contributed by atoms with Crippen LogP contribution in [-0.2, 0) is 6.18 Å². The molecular formula is C27H26F3N3O4S. The maximum Gasteiger partial charge on any atom is 0.416 e. The lowest BCUT2D eigenvalue weighted by molar-refractivity contribution is -0.137. The highest BCUT2D eigenvalue weighted by atomic mass is 32.1. The van der Waals surface area contributed by atoms with Crippen molar-refractivity contribution in [2.45, 2.75) is 38.4 Å². The largest absolute Gasteiger partial charge is 0.476 e. The zero-order valence-corrected chi connectivity index (χ0v) is 21.3. The Morgan fingerprint density at radius 3 is 2.50 bits per heavy atom. The molecule has 1 fully saturated rings. The average Bonchev–Trinajstić information content (AvgIpc) is 3.42. The molecule has 1 aliphatic carbocycles. The molecule has 2 heterocycles. The van der Waals surface area contributed by atoms with E-state index < -0.39 is 17.7 Å². The van der Waals surface area contributed by atoms with Gasteiger partial charge in [0.05, 0.1) is 27.3 Å². The second-order valence-corrected chi connectivity index (χ2v) is 9.97. The number of halogens is 3. The Labute approximate surface area is 220 Å². The van der Waals surface area contributed by atoms with Crippen molar-refractivity contribution in [1.29, 1.82) is 0 Å². The minimum atomic E-state index is -4.40. The number of nitrogens with one attached hydrogen (secondary N) is 2. The third kappa shape index (κ3) is 6.99. The minimum Gasteiger partial charge on any atom is -0.476 e. The van der Waals surface area contributed by atoms with Gasteiger partial charge in [0.2, 0.25) is 0 Å². The maximum atomic E-state index is 12.4. The average molecular weight is 546 g/mol. The number of thiazole rings is 1. The molecule has 7 nitrogen and oxygen atoms in total. The van der Waals surface area contributed by atoms with E-state index >= 15 is 0 Å². The fourth-order valence-corrected chi connectivity index (χ4v) is 4.67. The molecule has 0 atom stereocenters. The first-order valence-electron chi connectivity index (χ1n) is 12.0. The van der Waals surface area contributed by atoms with Gasteiger partial charge in [0, 0.05) is 18.0 Å². The molecule has 2 aromatic heterocycles. The topological polar surface area (TPSA) is 104 Å².